The van der Waals surface area contributed by atoms with Crippen LogP contribution in [0.4, 0.5) is 0 Å². The number of nitrogens with zero attached hydrogens (tertiary/aromatic N) is 4. The SMILES string of the molecule is O=C(CN1CCCC1c1nc2ccccc2s1)N1N=C(c2cccs2)CC1c1ccco1. The van der Waals surface area contributed by atoms with Crippen molar-refractivity contribution in [2.75, 3.05) is 13.1 Å². The molecule has 6 rings (SSSR count). The second-order valence-electron chi connectivity index (χ2n) is 8.15. The maximum Gasteiger partial charge on any atom is 0.257 e. The van der Waals surface area contributed by atoms with Gasteiger partial charge in [-0.1, -0.05) is 18.2 Å². The molecule has 32 heavy (non-hydrogen) atoms. The summed E-state index contributed by atoms with van der Waals surface area (Å²) < 4.78 is 6.87. The Morgan fingerprint density at radius 2 is 2.06 bits per heavy atom. The summed E-state index contributed by atoms with van der Waals surface area (Å²) in [6.45, 7) is 1.23. The summed E-state index contributed by atoms with van der Waals surface area (Å²) in [4.78, 5) is 21.7. The van der Waals surface area contributed by atoms with Crippen LogP contribution in [0, 0.1) is 0 Å². The first kappa shape index (κ1) is 19.8. The molecule has 6 nitrogen and oxygen atoms in total. The number of hydrogen-bond donors (Lipinski definition) is 0. The van der Waals surface area contributed by atoms with Gasteiger partial charge in [-0.3, -0.25) is 9.69 Å². The monoisotopic (exact) mass is 462 g/mol. The Kier molecular flexibility index (Phi) is 5.13. The summed E-state index contributed by atoms with van der Waals surface area (Å²) in [6, 6.07) is 16.1. The van der Waals surface area contributed by atoms with E-state index in [2.05, 4.69) is 23.1 Å². The average molecular weight is 463 g/mol. The topological polar surface area (TPSA) is 61.9 Å². The van der Waals surface area contributed by atoms with Crippen LogP contribution < -0.4 is 0 Å². The molecule has 1 amide bonds. The minimum Gasteiger partial charge on any atom is -0.467 e. The number of furan rings is 1. The van der Waals surface area contributed by atoms with Crippen molar-refractivity contribution in [3.05, 3.63) is 75.8 Å². The Morgan fingerprint density at radius 1 is 1.12 bits per heavy atom. The van der Waals surface area contributed by atoms with E-state index in [1.54, 1.807) is 33.9 Å². The zero-order valence-corrected chi connectivity index (χ0v) is 19.0. The number of rotatable bonds is 5. The van der Waals surface area contributed by atoms with Crippen LogP contribution in [0.15, 0.2) is 69.7 Å². The zero-order valence-electron chi connectivity index (χ0n) is 17.4. The fourth-order valence-electron chi connectivity index (χ4n) is 4.61. The number of aromatic nitrogens is 1. The van der Waals surface area contributed by atoms with Crippen molar-refractivity contribution in [2.45, 2.75) is 31.3 Å². The standard InChI is InChI=1S/C24H22N4O2S2/c29-23(15-27-11-3-7-18(27)24-25-16-6-1-2-9-22(16)32-24)28-19(20-8-4-12-30-20)14-17(26-28)21-10-5-13-31-21/h1-2,4-6,8-10,12-13,18-19H,3,7,11,14-15H2. The quantitative estimate of drug-likeness (QED) is 0.395. The number of thiophene rings is 1. The number of amides is 1. The summed E-state index contributed by atoms with van der Waals surface area (Å²) in [6.07, 6.45) is 4.42. The molecular weight excluding hydrogens is 440 g/mol. The van der Waals surface area contributed by atoms with Gasteiger partial charge in [0.2, 0.25) is 0 Å². The summed E-state index contributed by atoms with van der Waals surface area (Å²) in [5, 5.41) is 9.53. The molecule has 3 aromatic heterocycles. The number of benzene rings is 1. The molecule has 1 saturated heterocycles. The molecule has 0 N–H and O–H groups in total. The van der Waals surface area contributed by atoms with Gasteiger partial charge in [-0.15, -0.1) is 22.7 Å². The van der Waals surface area contributed by atoms with Crippen LogP contribution in [0.5, 0.6) is 0 Å². The molecule has 1 aromatic carbocycles. The van der Waals surface area contributed by atoms with E-state index < -0.39 is 0 Å². The summed E-state index contributed by atoms with van der Waals surface area (Å²) in [5.74, 6) is 0.781. The van der Waals surface area contributed by atoms with E-state index in [0.717, 1.165) is 46.3 Å². The second-order valence-corrected chi connectivity index (χ2v) is 10.2. The Morgan fingerprint density at radius 3 is 2.88 bits per heavy atom. The third kappa shape index (κ3) is 3.58. The maximum atomic E-state index is 13.5. The zero-order chi connectivity index (χ0) is 21.5. The van der Waals surface area contributed by atoms with Crippen molar-refractivity contribution in [3.63, 3.8) is 0 Å². The third-order valence-corrected chi connectivity index (χ3v) is 8.20. The van der Waals surface area contributed by atoms with E-state index in [0.29, 0.717) is 13.0 Å². The Balaban J connectivity index is 1.25. The van der Waals surface area contributed by atoms with Crippen molar-refractivity contribution in [1.29, 1.82) is 0 Å². The van der Waals surface area contributed by atoms with E-state index in [9.17, 15) is 4.79 Å². The Labute approximate surface area is 193 Å². The first-order valence-corrected chi connectivity index (χ1v) is 12.5. The van der Waals surface area contributed by atoms with Crippen LogP contribution in [0.25, 0.3) is 10.2 Å². The molecule has 2 atom stereocenters. The summed E-state index contributed by atoms with van der Waals surface area (Å²) >= 11 is 3.39. The molecule has 0 bridgehead atoms. The lowest BCUT2D eigenvalue weighted by Gasteiger charge is -2.26. The van der Waals surface area contributed by atoms with E-state index in [-0.39, 0.29) is 18.0 Å². The molecule has 2 unspecified atom stereocenters. The predicted molar refractivity (Wildman–Crippen MR) is 127 cm³/mol. The number of carbonyl (C=O) groups is 1. The summed E-state index contributed by atoms with van der Waals surface area (Å²) in [5.41, 5.74) is 1.98. The molecule has 4 aromatic rings. The molecule has 0 aliphatic carbocycles. The van der Waals surface area contributed by atoms with Gasteiger partial charge in [0.25, 0.3) is 5.91 Å². The highest BCUT2D eigenvalue weighted by Gasteiger charge is 2.38. The fraction of sp³-hybridized carbons (Fsp3) is 0.292. The number of likely N-dealkylation sites (tertiary alicyclic amines) is 1. The van der Waals surface area contributed by atoms with Crippen LogP contribution in [-0.4, -0.2) is 39.6 Å². The minimum atomic E-state index is -0.196. The first-order chi connectivity index (χ1) is 15.8. The highest BCUT2D eigenvalue weighted by atomic mass is 32.1. The largest absolute Gasteiger partial charge is 0.467 e. The average Bonchev–Trinajstić information content (AvgIpc) is 3.61. The molecular formula is C24H22N4O2S2. The molecule has 0 saturated carbocycles. The Hall–Kier alpha value is -2.81. The van der Waals surface area contributed by atoms with Gasteiger partial charge in [-0.25, -0.2) is 9.99 Å². The molecule has 5 heterocycles. The van der Waals surface area contributed by atoms with Crippen molar-refractivity contribution < 1.29 is 9.21 Å². The number of hydrazone groups is 1. The van der Waals surface area contributed by atoms with Gasteiger partial charge in [0.1, 0.15) is 16.8 Å². The van der Waals surface area contributed by atoms with Crippen LogP contribution in [0.3, 0.4) is 0 Å². The van der Waals surface area contributed by atoms with Crippen LogP contribution >= 0.6 is 22.7 Å². The number of para-hydroxylation sites is 1. The van der Waals surface area contributed by atoms with Gasteiger partial charge in [0.15, 0.2) is 0 Å². The highest BCUT2D eigenvalue weighted by molar-refractivity contribution is 7.18. The lowest BCUT2D eigenvalue weighted by atomic mass is 10.1. The molecule has 2 aliphatic rings. The van der Waals surface area contributed by atoms with Gasteiger partial charge >= 0.3 is 0 Å². The van der Waals surface area contributed by atoms with E-state index in [4.69, 9.17) is 14.5 Å². The van der Waals surface area contributed by atoms with Gasteiger partial charge in [-0.05, 0) is 55.1 Å². The number of fused-ring (bicyclic) bond motifs is 1. The van der Waals surface area contributed by atoms with Gasteiger partial charge in [0, 0.05) is 6.42 Å². The van der Waals surface area contributed by atoms with Crippen molar-refractivity contribution in [2.24, 2.45) is 5.10 Å². The molecule has 0 spiro atoms. The molecule has 162 valence electrons. The molecule has 8 heteroatoms. The number of hydrogen-bond acceptors (Lipinski definition) is 7. The minimum absolute atomic E-state index is 0.00553. The summed E-state index contributed by atoms with van der Waals surface area (Å²) in [7, 11) is 0. The fourth-order valence-corrected chi connectivity index (χ4v) is 6.47. The third-order valence-electron chi connectivity index (χ3n) is 6.14. The lowest BCUT2D eigenvalue weighted by Crippen LogP contribution is -2.38. The van der Waals surface area contributed by atoms with Gasteiger partial charge in [0.05, 0.1) is 39.7 Å². The predicted octanol–water partition coefficient (Wildman–Crippen LogP) is 5.47. The van der Waals surface area contributed by atoms with Gasteiger partial charge in [-0.2, -0.15) is 5.10 Å². The number of thiazole rings is 1. The smallest absolute Gasteiger partial charge is 0.257 e. The molecule has 0 radical (unpaired) electrons. The van der Waals surface area contributed by atoms with Gasteiger partial charge < -0.3 is 4.42 Å². The number of carbonyl (C=O) groups excluding carboxylic acids is 1. The van der Waals surface area contributed by atoms with Crippen LogP contribution in [0.2, 0.25) is 0 Å². The van der Waals surface area contributed by atoms with E-state index in [1.165, 1.54) is 4.70 Å². The lowest BCUT2D eigenvalue weighted by molar-refractivity contribution is -0.134. The molecule has 2 aliphatic heterocycles. The first-order valence-electron chi connectivity index (χ1n) is 10.8. The molecule has 1 fully saturated rings. The van der Waals surface area contributed by atoms with Crippen LogP contribution in [0.1, 0.15) is 47.0 Å². The normalized spacial score (nSPS) is 21.5. The highest BCUT2D eigenvalue weighted by Crippen LogP contribution is 2.38. The van der Waals surface area contributed by atoms with Crippen molar-refractivity contribution in [3.8, 4) is 0 Å². The maximum absolute atomic E-state index is 13.5. The second kappa shape index (κ2) is 8.27. The van der Waals surface area contributed by atoms with E-state index in [1.807, 2.05) is 35.7 Å². The van der Waals surface area contributed by atoms with Crippen molar-refractivity contribution in [1.82, 2.24) is 14.9 Å². The van der Waals surface area contributed by atoms with E-state index >= 15 is 0 Å². The Bertz CT molecular complexity index is 1230. The van der Waals surface area contributed by atoms with Crippen LogP contribution in [-0.2, 0) is 4.79 Å². The van der Waals surface area contributed by atoms with Crippen molar-refractivity contribution >= 4 is 44.5 Å².